The second-order valence-corrected chi connectivity index (χ2v) is 46.2. The number of fused-ring (bicyclic) bond motifs is 4. The molecule has 0 aromatic rings. The van der Waals surface area contributed by atoms with E-state index in [0.29, 0.717) is 57.6 Å². The highest BCUT2D eigenvalue weighted by Crippen LogP contribution is 2.66. The fraction of sp³-hybridized carbons (Fsp3) is 1.00. The summed E-state index contributed by atoms with van der Waals surface area (Å²) < 4.78 is 56.3. The minimum atomic E-state index is 0.329. The molecule has 0 amide bonds. The van der Waals surface area contributed by atoms with Crippen LogP contribution in [0.5, 0.6) is 0 Å². The summed E-state index contributed by atoms with van der Waals surface area (Å²) in [5.41, 5.74) is 2.56. The molecule has 708 valence electrons. The van der Waals surface area contributed by atoms with Crippen molar-refractivity contribution in [3.63, 3.8) is 0 Å². The SMILES string of the molecule is CCOC1C2CC3CC(C2)CC1C3.CCOC1CC(C)CCC1C(C)C.CCOC1CCC(C(C)(C)C)CC1.CCOC1CCCCC1.CCOC1CCCCC1C1CCCCC1.CCOCC(C)(C)C.CCOCC12CC3CC(CC(C3)C1)C2.CCOCC1C2(C)CCC(C2)C1(C)C.CCOCC1CC2CCC1C2.CCOCC1CCCCC1. The lowest BCUT2D eigenvalue weighted by molar-refractivity contribution is -0.123. The van der Waals surface area contributed by atoms with Crippen molar-refractivity contribution >= 4 is 0 Å². The first-order chi connectivity index (χ1) is 57.6. The van der Waals surface area contributed by atoms with Crippen LogP contribution in [-0.4, -0.2) is 130 Å². The van der Waals surface area contributed by atoms with Crippen molar-refractivity contribution in [2.24, 2.45) is 140 Å². The highest BCUT2D eigenvalue weighted by molar-refractivity contribution is 5.08. The monoisotopic (exact) mass is 1690 g/mol. The van der Waals surface area contributed by atoms with Gasteiger partial charge in [-0.25, -0.2) is 0 Å². The topological polar surface area (TPSA) is 92.3 Å². The summed E-state index contributed by atoms with van der Waals surface area (Å²) in [6.45, 7) is 62.8. The van der Waals surface area contributed by atoms with Crippen LogP contribution in [0.1, 0.15) is 435 Å². The van der Waals surface area contributed by atoms with E-state index in [1.165, 1.54) is 257 Å². The Bertz CT molecular complexity index is 2450. The average Bonchev–Trinajstić information content (AvgIpc) is 1.60. The molecule has 0 radical (unpaired) electrons. The maximum Gasteiger partial charge on any atom is 0.0631 e. The fourth-order valence-electron chi connectivity index (χ4n) is 28.0. The minimum absolute atomic E-state index is 0.329. The van der Waals surface area contributed by atoms with Gasteiger partial charge in [-0.15, -0.1) is 0 Å². The summed E-state index contributed by atoms with van der Waals surface area (Å²) in [5.74, 6) is 18.2. The minimum Gasteiger partial charge on any atom is -0.381 e. The zero-order valence-electron chi connectivity index (χ0n) is 84.2. The van der Waals surface area contributed by atoms with Gasteiger partial charge in [0, 0.05) is 79.3 Å². The van der Waals surface area contributed by atoms with Gasteiger partial charge in [-0.1, -0.05) is 179 Å². The number of ether oxygens (including phenoxy) is 10. The molecule has 18 aliphatic carbocycles. The lowest BCUT2D eigenvalue weighted by Crippen LogP contribution is -2.49. The summed E-state index contributed by atoms with van der Waals surface area (Å²) in [5, 5.41) is 0. The van der Waals surface area contributed by atoms with Gasteiger partial charge in [-0.3, -0.25) is 0 Å². The molecule has 0 spiro atoms. The van der Waals surface area contributed by atoms with Crippen LogP contribution in [0.2, 0.25) is 0 Å². The van der Waals surface area contributed by atoms with E-state index < -0.39 is 0 Å². The molecular weight excluding hydrogens is 1480 g/mol. The maximum absolute atomic E-state index is 5.95. The van der Waals surface area contributed by atoms with Gasteiger partial charge in [-0.2, -0.15) is 0 Å². The van der Waals surface area contributed by atoms with Gasteiger partial charge in [0.15, 0.2) is 0 Å². The lowest BCUT2D eigenvalue weighted by atomic mass is 9.50. The molecule has 120 heavy (non-hydrogen) atoms. The average molecular weight is 1690 g/mol. The van der Waals surface area contributed by atoms with Gasteiger partial charge in [-0.05, 0) is 395 Å². The molecule has 11 unspecified atom stereocenters. The number of hydrogen-bond donors (Lipinski definition) is 0. The molecular formula is C110H208O10. The zero-order valence-corrected chi connectivity index (χ0v) is 84.2. The molecule has 18 saturated carbocycles. The Hall–Kier alpha value is -0.400. The van der Waals surface area contributed by atoms with E-state index in [0.717, 1.165) is 212 Å². The van der Waals surface area contributed by atoms with Crippen LogP contribution in [0.3, 0.4) is 0 Å². The molecule has 18 rings (SSSR count). The van der Waals surface area contributed by atoms with Crippen LogP contribution in [0.4, 0.5) is 0 Å². The summed E-state index contributed by atoms with van der Waals surface area (Å²) >= 11 is 0. The maximum atomic E-state index is 5.95. The molecule has 18 fully saturated rings. The van der Waals surface area contributed by atoms with E-state index in [4.69, 9.17) is 47.4 Å². The van der Waals surface area contributed by atoms with Crippen molar-refractivity contribution in [1.29, 1.82) is 0 Å². The van der Waals surface area contributed by atoms with Crippen LogP contribution in [0, 0.1) is 140 Å². The lowest BCUT2D eigenvalue weighted by Gasteiger charge is -2.56. The van der Waals surface area contributed by atoms with Crippen molar-refractivity contribution in [1.82, 2.24) is 0 Å². The Morgan fingerprint density at radius 3 is 1.32 bits per heavy atom. The highest BCUT2D eigenvalue weighted by atomic mass is 16.5. The summed E-state index contributed by atoms with van der Waals surface area (Å²) in [7, 11) is 0. The molecule has 10 heteroatoms. The summed E-state index contributed by atoms with van der Waals surface area (Å²) in [4.78, 5) is 0. The second kappa shape index (κ2) is 56.4. The first-order valence-electron chi connectivity index (χ1n) is 53.6. The van der Waals surface area contributed by atoms with E-state index in [1.54, 1.807) is 25.7 Å². The standard InChI is InChI=1S/C14H26O.C13H22O.C13H24O.C12H20O.2C12H24O.C10H18O.C9H18O.C8H16O.C7H16O/c1-2-15-14-11-7-6-10-13(14)12-8-4-3-5-9-12;1-2-14-9-13-6-10-3-11(7-13)5-12(4-10)8-13;1-5-14-9-11-12(2,3)10-6-7-13(11,4)8-10;1-2-13-12-10-4-8-3-9(6-10)7-11(12)5-8;1-5-13-11-8-6-10(7-9-11)12(2,3)4;1-5-13-12-8-10(4)6-7-11(12)9(2)3;1-2-11-7-10-6-8-3-4-9(10)5-8;1-2-10-8-9-6-4-3-5-7-9;1-2-9-8-6-4-3-5-7-8;1-5-8-6-7(2,3)4/h12-14H,2-11H2,1H3;10-12H,2-9H2,1H3;10-11H,5-9H2,1-4H3;8-12H,2-7H2,1H3;10-11H,5-9H2,1-4H3;9-12H,5-8H2,1-4H3;8-10H,2-7H2,1H3;9H,2-8H2,1H3;8H,2-7H2,1H3;5-6H2,1-4H3. The molecule has 18 aliphatic rings. The molecule has 10 nitrogen and oxygen atoms in total. The van der Waals surface area contributed by atoms with Crippen molar-refractivity contribution in [2.75, 3.05) is 99.1 Å². The van der Waals surface area contributed by atoms with Crippen LogP contribution in [0.25, 0.3) is 0 Å². The molecule has 0 saturated heterocycles. The van der Waals surface area contributed by atoms with E-state index in [9.17, 15) is 0 Å². The van der Waals surface area contributed by atoms with Crippen molar-refractivity contribution in [3.05, 3.63) is 0 Å². The van der Waals surface area contributed by atoms with Crippen LogP contribution >= 0.6 is 0 Å². The van der Waals surface area contributed by atoms with Crippen LogP contribution in [0.15, 0.2) is 0 Å². The quantitative estimate of drug-likeness (QED) is 0.0834. The van der Waals surface area contributed by atoms with Gasteiger partial charge in [0.25, 0.3) is 0 Å². The largest absolute Gasteiger partial charge is 0.381 e. The van der Waals surface area contributed by atoms with Gasteiger partial charge in [0.2, 0.25) is 0 Å². The highest BCUT2D eigenvalue weighted by Gasteiger charge is 2.59. The zero-order chi connectivity index (χ0) is 87.1. The van der Waals surface area contributed by atoms with Crippen LogP contribution in [-0.2, 0) is 47.4 Å². The molecule has 0 aliphatic heterocycles. The third-order valence-corrected chi connectivity index (χ3v) is 33.8. The smallest absolute Gasteiger partial charge is 0.0631 e. The summed E-state index contributed by atoms with van der Waals surface area (Å²) in [6.07, 6.45) is 66.0. The Kier molecular flexibility index (Phi) is 50.1. The molecule has 0 aromatic carbocycles. The molecule has 11 atom stereocenters. The molecule has 0 N–H and O–H groups in total. The first-order valence-corrected chi connectivity index (χ1v) is 53.6. The molecule has 0 aromatic heterocycles. The Balaban J connectivity index is 0.000000185. The predicted octanol–water partition coefficient (Wildman–Crippen LogP) is 30.3. The van der Waals surface area contributed by atoms with E-state index >= 15 is 0 Å². The van der Waals surface area contributed by atoms with Crippen LogP contribution < -0.4 is 0 Å². The van der Waals surface area contributed by atoms with E-state index in [1.807, 2.05) is 6.92 Å². The van der Waals surface area contributed by atoms with Gasteiger partial charge >= 0.3 is 0 Å². The molecule has 0 heterocycles. The van der Waals surface area contributed by atoms with Crippen molar-refractivity contribution < 1.29 is 47.4 Å². The Morgan fingerprint density at radius 2 is 0.842 bits per heavy atom. The second-order valence-electron chi connectivity index (χ2n) is 46.2. The fourth-order valence-corrected chi connectivity index (χ4v) is 28.0. The van der Waals surface area contributed by atoms with Gasteiger partial charge in [0.1, 0.15) is 0 Å². The van der Waals surface area contributed by atoms with Gasteiger partial charge < -0.3 is 47.4 Å². The number of rotatable bonds is 26. The Labute approximate surface area is 747 Å². The van der Waals surface area contributed by atoms with Crippen molar-refractivity contribution in [3.8, 4) is 0 Å². The number of hydrogen-bond acceptors (Lipinski definition) is 10. The van der Waals surface area contributed by atoms with Crippen molar-refractivity contribution in [2.45, 2.75) is 465 Å². The normalized spacial score (nSPS) is 36.2. The van der Waals surface area contributed by atoms with E-state index in [2.05, 4.69) is 145 Å². The predicted molar refractivity (Wildman–Crippen MR) is 509 cm³/mol. The third kappa shape index (κ3) is 36.4. The van der Waals surface area contributed by atoms with Gasteiger partial charge in [0.05, 0.1) is 50.3 Å². The third-order valence-electron chi connectivity index (χ3n) is 33.8. The Morgan fingerprint density at radius 1 is 0.358 bits per heavy atom. The first kappa shape index (κ1) is 107. The molecule has 12 bridgehead atoms. The summed E-state index contributed by atoms with van der Waals surface area (Å²) in [6, 6.07) is 0. The van der Waals surface area contributed by atoms with E-state index in [-0.39, 0.29) is 0 Å².